The monoisotopic (exact) mass is 378 g/mol. The Morgan fingerprint density at radius 2 is 1.79 bits per heavy atom. The number of nitrogens with one attached hydrogen (secondary N) is 2. The molecule has 0 bridgehead atoms. The zero-order valence-electron chi connectivity index (χ0n) is 16.1. The minimum Gasteiger partial charge on any atom is -0.354 e. The van der Waals surface area contributed by atoms with Gasteiger partial charge in [0.05, 0.1) is 34.4 Å². The Balaban J connectivity index is 1.79. The first-order valence-electron chi connectivity index (χ1n) is 9.12. The Kier molecular flexibility index (Phi) is 4.46. The van der Waals surface area contributed by atoms with E-state index in [1.165, 1.54) is 0 Å². The van der Waals surface area contributed by atoms with Crippen LogP contribution in [0, 0.1) is 22.7 Å². The molecular weight excluding hydrogens is 360 g/mol. The van der Waals surface area contributed by atoms with Gasteiger partial charge in [0.15, 0.2) is 0 Å². The number of pyridine rings is 1. The van der Waals surface area contributed by atoms with Gasteiger partial charge in [0.1, 0.15) is 6.07 Å². The maximum absolute atomic E-state index is 9.61. The van der Waals surface area contributed by atoms with E-state index >= 15 is 0 Å². The summed E-state index contributed by atoms with van der Waals surface area (Å²) in [6, 6.07) is 18.1. The molecule has 0 amide bonds. The quantitative estimate of drug-likeness (QED) is 0.518. The number of aromatic amines is 1. The molecule has 29 heavy (non-hydrogen) atoms. The fourth-order valence-corrected chi connectivity index (χ4v) is 3.18. The molecule has 0 aliphatic heterocycles. The molecule has 0 saturated carbocycles. The van der Waals surface area contributed by atoms with Crippen molar-refractivity contribution in [3.8, 4) is 23.3 Å². The summed E-state index contributed by atoms with van der Waals surface area (Å²) in [5.74, 6) is 0. The summed E-state index contributed by atoms with van der Waals surface area (Å²) in [6.07, 6.45) is 5.16. The molecule has 4 rings (SSSR count). The molecule has 0 aliphatic rings. The van der Waals surface area contributed by atoms with Crippen molar-refractivity contribution in [3.63, 3.8) is 0 Å². The summed E-state index contributed by atoms with van der Waals surface area (Å²) in [7, 11) is 0. The normalized spacial score (nSPS) is 11.0. The molecule has 0 atom stereocenters. The van der Waals surface area contributed by atoms with Crippen LogP contribution in [0.3, 0.4) is 0 Å². The van der Waals surface area contributed by atoms with Crippen LogP contribution in [0.5, 0.6) is 0 Å². The average Bonchev–Trinajstić information content (AvgIpc) is 3.29. The molecular formula is C23H18N6. The summed E-state index contributed by atoms with van der Waals surface area (Å²) >= 11 is 0. The van der Waals surface area contributed by atoms with Gasteiger partial charge in [-0.15, -0.1) is 0 Å². The van der Waals surface area contributed by atoms with E-state index in [-0.39, 0.29) is 0 Å². The smallest absolute Gasteiger partial charge is 0.103 e. The summed E-state index contributed by atoms with van der Waals surface area (Å²) in [4.78, 5) is 4.41. The Morgan fingerprint density at radius 3 is 2.45 bits per heavy atom. The zero-order valence-corrected chi connectivity index (χ0v) is 16.1. The number of rotatable bonds is 4. The largest absolute Gasteiger partial charge is 0.354 e. The summed E-state index contributed by atoms with van der Waals surface area (Å²) in [5, 5.41) is 30.0. The number of nitrogens with zero attached hydrogens (tertiary/aromatic N) is 4. The third kappa shape index (κ3) is 3.40. The Hall–Kier alpha value is -4.16. The fourth-order valence-electron chi connectivity index (χ4n) is 3.18. The SMILES string of the molecule is CC(C)(C#N)c1ccc(Nc2c(C#N)cnc3ccc(-c4cn[nH]c4)cc23)cc1. The van der Waals surface area contributed by atoms with Gasteiger partial charge in [-0.05, 0) is 49.2 Å². The number of nitriles is 2. The molecule has 140 valence electrons. The van der Waals surface area contributed by atoms with Crippen LogP contribution in [0.15, 0.2) is 61.1 Å². The number of H-pyrrole nitrogens is 1. The van der Waals surface area contributed by atoms with Crippen molar-refractivity contribution in [2.75, 3.05) is 5.32 Å². The van der Waals surface area contributed by atoms with E-state index in [2.05, 4.69) is 32.6 Å². The van der Waals surface area contributed by atoms with E-state index < -0.39 is 5.41 Å². The number of hydrogen-bond donors (Lipinski definition) is 2. The molecule has 2 aromatic carbocycles. The van der Waals surface area contributed by atoms with E-state index in [1.54, 1.807) is 12.4 Å². The van der Waals surface area contributed by atoms with E-state index in [0.29, 0.717) is 11.3 Å². The number of anilines is 2. The predicted molar refractivity (Wildman–Crippen MR) is 112 cm³/mol. The van der Waals surface area contributed by atoms with Gasteiger partial charge in [0.2, 0.25) is 0 Å². The Bertz CT molecular complexity index is 1260. The van der Waals surface area contributed by atoms with Crippen molar-refractivity contribution < 1.29 is 0 Å². The summed E-state index contributed by atoms with van der Waals surface area (Å²) < 4.78 is 0. The summed E-state index contributed by atoms with van der Waals surface area (Å²) in [6.45, 7) is 3.77. The number of fused-ring (bicyclic) bond motifs is 1. The first kappa shape index (κ1) is 18.2. The highest BCUT2D eigenvalue weighted by Gasteiger charge is 2.19. The van der Waals surface area contributed by atoms with Crippen LogP contribution >= 0.6 is 0 Å². The minimum absolute atomic E-state index is 0.461. The Morgan fingerprint density at radius 1 is 1.00 bits per heavy atom. The first-order chi connectivity index (χ1) is 14.0. The van der Waals surface area contributed by atoms with Crippen molar-refractivity contribution in [3.05, 3.63) is 72.2 Å². The van der Waals surface area contributed by atoms with E-state index in [4.69, 9.17) is 0 Å². The lowest BCUT2D eigenvalue weighted by atomic mass is 9.86. The van der Waals surface area contributed by atoms with Crippen LogP contribution in [0.1, 0.15) is 25.0 Å². The standard InChI is InChI=1S/C23H18N6/c1-23(2,14-25)18-4-6-19(7-5-18)29-22-16(10-24)11-26-21-8-3-15(9-20(21)22)17-12-27-28-13-17/h3-9,11-13H,1-2H3,(H,26,29)(H,27,28). The fraction of sp³-hybridized carbons (Fsp3) is 0.130. The topological polar surface area (TPSA) is 101 Å². The molecule has 0 spiro atoms. The molecule has 0 saturated heterocycles. The van der Waals surface area contributed by atoms with E-state index in [0.717, 1.165) is 33.3 Å². The molecule has 0 fully saturated rings. The van der Waals surface area contributed by atoms with Crippen LogP contribution in [0.25, 0.3) is 22.0 Å². The van der Waals surface area contributed by atoms with Gasteiger partial charge in [0.25, 0.3) is 0 Å². The van der Waals surface area contributed by atoms with Crippen LogP contribution in [0.4, 0.5) is 11.4 Å². The van der Waals surface area contributed by atoms with Crippen molar-refractivity contribution >= 4 is 22.3 Å². The van der Waals surface area contributed by atoms with Gasteiger partial charge in [-0.2, -0.15) is 15.6 Å². The van der Waals surface area contributed by atoms with Gasteiger partial charge < -0.3 is 5.32 Å². The highest BCUT2D eigenvalue weighted by Crippen LogP contribution is 2.33. The van der Waals surface area contributed by atoms with Crippen LogP contribution in [0.2, 0.25) is 0 Å². The van der Waals surface area contributed by atoms with E-state index in [9.17, 15) is 10.5 Å². The minimum atomic E-state index is -0.556. The van der Waals surface area contributed by atoms with Crippen molar-refractivity contribution in [1.82, 2.24) is 15.2 Å². The summed E-state index contributed by atoms with van der Waals surface area (Å²) in [5.41, 5.74) is 5.12. The van der Waals surface area contributed by atoms with E-state index in [1.807, 2.05) is 62.5 Å². The lowest BCUT2D eigenvalue weighted by molar-refractivity contribution is 0.687. The number of benzene rings is 2. The van der Waals surface area contributed by atoms with Crippen LogP contribution < -0.4 is 5.32 Å². The van der Waals surface area contributed by atoms with Gasteiger partial charge in [-0.1, -0.05) is 18.2 Å². The van der Waals surface area contributed by atoms with Gasteiger partial charge >= 0.3 is 0 Å². The number of aromatic nitrogens is 3. The molecule has 2 heterocycles. The highest BCUT2D eigenvalue weighted by molar-refractivity contribution is 5.98. The zero-order chi connectivity index (χ0) is 20.4. The maximum Gasteiger partial charge on any atom is 0.103 e. The lowest BCUT2D eigenvalue weighted by Crippen LogP contribution is -2.13. The maximum atomic E-state index is 9.61. The second-order valence-electron chi connectivity index (χ2n) is 7.32. The highest BCUT2D eigenvalue weighted by atomic mass is 15.1. The lowest BCUT2D eigenvalue weighted by Gasteiger charge is -2.17. The van der Waals surface area contributed by atoms with Gasteiger partial charge in [0, 0.05) is 29.0 Å². The molecule has 6 heteroatoms. The Labute approximate surface area is 168 Å². The van der Waals surface area contributed by atoms with Crippen molar-refractivity contribution in [2.24, 2.45) is 0 Å². The molecule has 2 N–H and O–H groups in total. The average molecular weight is 378 g/mol. The first-order valence-corrected chi connectivity index (χ1v) is 9.12. The third-order valence-electron chi connectivity index (χ3n) is 4.98. The molecule has 0 radical (unpaired) electrons. The molecule has 2 aromatic heterocycles. The molecule has 6 nitrogen and oxygen atoms in total. The predicted octanol–water partition coefficient (Wildman–Crippen LogP) is 5.04. The van der Waals surface area contributed by atoms with Crippen molar-refractivity contribution in [1.29, 1.82) is 10.5 Å². The van der Waals surface area contributed by atoms with Gasteiger partial charge in [-0.25, -0.2) is 0 Å². The second kappa shape index (κ2) is 7.10. The second-order valence-corrected chi connectivity index (χ2v) is 7.32. The molecule has 4 aromatic rings. The molecule has 0 aliphatic carbocycles. The number of hydrogen-bond acceptors (Lipinski definition) is 5. The van der Waals surface area contributed by atoms with Gasteiger partial charge in [-0.3, -0.25) is 10.1 Å². The van der Waals surface area contributed by atoms with Crippen molar-refractivity contribution in [2.45, 2.75) is 19.3 Å². The third-order valence-corrected chi connectivity index (χ3v) is 4.98. The van der Waals surface area contributed by atoms with Crippen LogP contribution in [-0.4, -0.2) is 15.2 Å². The molecule has 0 unspecified atom stereocenters. The van der Waals surface area contributed by atoms with Crippen LogP contribution in [-0.2, 0) is 5.41 Å².